The number of rotatable bonds is 5. The van der Waals surface area contributed by atoms with Crippen molar-refractivity contribution in [3.05, 3.63) is 62.4 Å². The van der Waals surface area contributed by atoms with Gasteiger partial charge in [-0.25, -0.2) is 4.79 Å². The van der Waals surface area contributed by atoms with Crippen LogP contribution in [-0.4, -0.2) is 22.8 Å². The van der Waals surface area contributed by atoms with E-state index in [4.69, 9.17) is 9.57 Å². The zero-order valence-corrected chi connectivity index (χ0v) is 11.7. The Bertz CT molecular complexity index is 744. The van der Waals surface area contributed by atoms with Gasteiger partial charge in [0.2, 0.25) is 0 Å². The van der Waals surface area contributed by atoms with E-state index in [0.29, 0.717) is 5.71 Å². The molecular weight excluding hydrogens is 274 g/mol. The Morgan fingerprint density at radius 3 is 2.57 bits per heavy atom. The first kappa shape index (κ1) is 14.6. The van der Waals surface area contributed by atoms with Crippen molar-refractivity contribution in [1.82, 2.24) is 9.97 Å². The van der Waals surface area contributed by atoms with Crippen LogP contribution in [0.3, 0.4) is 0 Å². The van der Waals surface area contributed by atoms with Crippen molar-refractivity contribution in [1.29, 1.82) is 0 Å². The maximum absolute atomic E-state index is 11.6. The summed E-state index contributed by atoms with van der Waals surface area (Å²) in [4.78, 5) is 32.2. The molecule has 7 nitrogen and oxygen atoms in total. The largest absolute Gasteiger partial charge is 0.497 e. The van der Waals surface area contributed by atoms with Crippen molar-refractivity contribution in [3.63, 3.8) is 0 Å². The Labute approximate surface area is 120 Å². The lowest BCUT2D eigenvalue weighted by molar-refractivity contribution is 0.130. The van der Waals surface area contributed by atoms with Crippen molar-refractivity contribution in [2.24, 2.45) is 5.16 Å². The van der Waals surface area contributed by atoms with E-state index in [2.05, 4.69) is 15.1 Å². The molecule has 110 valence electrons. The van der Waals surface area contributed by atoms with Gasteiger partial charge in [0.15, 0.2) is 0 Å². The molecule has 1 heterocycles. The molecule has 21 heavy (non-hydrogen) atoms. The van der Waals surface area contributed by atoms with E-state index < -0.39 is 11.2 Å². The number of aromatic nitrogens is 2. The van der Waals surface area contributed by atoms with Crippen molar-refractivity contribution < 1.29 is 9.57 Å². The topological polar surface area (TPSA) is 96.5 Å². The van der Waals surface area contributed by atoms with Gasteiger partial charge in [0.25, 0.3) is 5.56 Å². The van der Waals surface area contributed by atoms with Crippen LogP contribution in [0.2, 0.25) is 0 Å². The van der Waals surface area contributed by atoms with Crippen LogP contribution in [0.4, 0.5) is 0 Å². The van der Waals surface area contributed by atoms with Crippen LogP contribution in [0.25, 0.3) is 0 Å². The van der Waals surface area contributed by atoms with Gasteiger partial charge in [-0.05, 0) is 24.6 Å². The molecule has 7 heteroatoms. The highest BCUT2D eigenvalue weighted by Crippen LogP contribution is 2.12. The van der Waals surface area contributed by atoms with Gasteiger partial charge in [0, 0.05) is 6.20 Å². The van der Waals surface area contributed by atoms with Crippen LogP contribution in [0.15, 0.2) is 45.2 Å². The number of H-pyrrole nitrogens is 2. The van der Waals surface area contributed by atoms with Gasteiger partial charge in [0.1, 0.15) is 12.4 Å². The summed E-state index contributed by atoms with van der Waals surface area (Å²) < 4.78 is 5.06. The molecule has 0 amide bonds. The standard InChI is InChI=1S/C14H15N3O4/c1-9(12-7-15-14(19)16-13(12)18)17-21-8-10-3-5-11(20-2)6-4-10/h3-7H,8H2,1-2H3,(H2,15,16,18,19)/b17-9+. The second-order valence-electron chi connectivity index (χ2n) is 4.28. The molecule has 0 saturated heterocycles. The van der Waals surface area contributed by atoms with Gasteiger partial charge in [-0.3, -0.25) is 9.78 Å². The molecule has 1 aromatic heterocycles. The highest BCUT2D eigenvalue weighted by molar-refractivity contribution is 5.97. The number of hydrogen-bond acceptors (Lipinski definition) is 5. The fraction of sp³-hybridized carbons (Fsp3) is 0.214. The fourth-order valence-corrected chi connectivity index (χ4v) is 1.65. The average Bonchev–Trinajstić information content (AvgIpc) is 2.47. The van der Waals surface area contributed by atoms with Gasteiger partial charge in [-0.15, -0.1) is 0 Å². The molecule has 2 rings (SSSR count). The molecule has 2 aromatic rings. The van der Waals surface area contributed by atoms with E-state index in [0.717, 1.165) is 11.3 Å². The van der Waals surface area contributed by atoms with E-state index >= 15 is 0 Å². The lowest BCUT2D eigenvalue weighted by Crippen LogP contribution is -2.26. The molecule has 0 bridgehead atoms. The van der Waals surface area contributed by atoms with Gasteiger partial charge in [-0.2, -0.15) is 0 Å². The first-order valence-corrected chi connectivity index (χ1v) is 6.22. The van der Waals surface area contributed by atoms with Gasteiger partial charge >= 0.3 is 5.69 Å². The minimum absolute atomic E-state index is 0.254. The molecule has 0 fully saturated rings. The SMILES string of the molecule is COc1ccc(CO/N=C(\C)c2c[nH]c(=O)[nH]c2=O)cc1. The highest BCUT2D eigenvalue weighted by atomic mass is 16.6. The Morgan fingerprint density at radius 2 is 1.95 bits per heavy atom. The number of methoxy groups -OCH3 is 1. The van der Waals surface area contributed by atoms with Crippen LogP contribution < -0.4 is 16.0 Å². The minimum Gasteiger partial charge on any atom is -0.497 e. The molecular formula is C14H15N3O4. The van der Waals surface area contributed by atoms with Crippen molar-refractivity contribution in [2.75, 3.05) is 7.11 Å². The lowest BCUT2D eigenvalue weighted by Gasteiger charge is -2.03. The zero-order chi connectivity index (χ0) is 15.2. The van der Waals surface area contributed by atoms with E-state index in [9.17, 15) is 9.59 Å². The third-order valence-electron chi connectivity index (χ3n) is 2.80. The number of nitrogens with one attached hydrogen (secondary N) is 2. The number of benzene rings is 1. The smallest absolute Gasteiger partial charge is 0.325 e. The summed E-state index contributed by atoms with van der Waals surface area (Å²) in [5.74, 6) is 0.762. The molecule has 2 N–H and O–H groups in total. The first-order chi connectivity index (χ1) is 10.1. The summed E-state index contributed by atoms with van der Waals surface area (Å²) in [6.07, 6.45) is 1.30. The van der Waals surface area contributed by atoms with Crippen LogP contribution in [0, 0.1) is 0 Å². The maximum Gasteiger partial charge on any atom is 0.325 e. The summed E-state index contributed by atoms with van der Waals surface area (Å²) in [6.45, 7) is 1.89. The lowest BCUT2D eigenvalue weighted by atomic mass is 10.2. The summed E-state index contributed by atoms with van der Waals surface area (Å²) in [6, 6.07) is 7.36. The molecule has 0 radical (unpaired) electrons. The summed E-state index contributed by atoms with van der Waals surface area (Å²) in [5, 5.41) is 3.87. The number of oxime groups is 1. The van der Waals surface area contributed by atoms with E-state index in [-0.39, 0.29) is 12.2 Å². The van der Waals surface area contributed by atoms with Gasteiger partial charge in [0.05, 0.1) is 18.4 Å². The van der Waals surface area contributed by atoms with Gasteiger partial charge in [-0.1, -0.05) is 17.3 Å². The minimum atomic E-state index is -0.560. The maximum atomic E-state index is 11.6. The molecule has 0 unspecified atom stereocenters. The quantitative estimate of drug-likeness (QED) is 0.634. The second kappa shape index (κ2) is 6.56. The number of aromatic amines is 2. The summed E-state index contributed by atoms with van der Waals surface area (Å²) >= 11 is 0. The van der Waals surface area contributed by atoms with Crippen molar-refractivity contribution in [2.45, 2.75) is 13.5 Å². The van der Waals surface area contributed by atoms with Crippen LogP contribution in [-0.2, 0) is 11.4 Å². The Kier molecular flexibility index (Phi) is 4.55. The third-order valence-corrected chi connectivity index (χ3v) is 2.80. The van der Waals surface area contributed by atoms with Crippen molar-refractivity contribution in [3.8, 4) is 5.75 Å². The second-order valence-corrected chi connectivity index (χ2v) is 4.28. The molecule has 0 saturated carbocycles. The van der Waals surface area contributed by atoms with E-state index in [1.54, 1.807) is 14.0 Å². The summed E-state index contributed by atoms with van der Waals surface area (Å²) in [7, 11) is 1.60. The van der Waals surface area contributed by atoms with E-state index in [1.807, 2.05) is 24.3 Å². The molecule has 0 aliphatic rings. The Hall–Kier alpha value is -2.83. The van der Waals surface area contributed by atoms with Crippen LogP contribution in [0.1, 0.15) is 18.1 Å². The Balaban J connectivity index is 2.03. The van der Waals surface area contributed by atoms with E-state index in [1.165, 1.54) is 6.20 Å². The predicted octanol–water partition coefficient (Wildman–Crippen LogP) is 1.01. The van der Waals surface area contributed by atoms with Gasteiger partial charge < -0.3 is 14.6 Å². The van der Waals surface area contributed by atoms with Crippen molar-refractivity contribution >= 4 is 5.71 Å². The highest BCUT2D eigenvalue weighted by Gasteiger charge is 2.04. The predicted molar refractivity (Wildman–Crippen MR) is 77.7 cm³/mol. The number of ether oxygens (including phenoxy) is 1. The first-order valence-electron chi connectivity index (χ1n) is 6.22. The average molecular weight is 289 g/mol. The zero-order valence-electron chi connectivity index (χ0n) is 11.7. The molecule has 0 atom stereocenters. The molecule has 0 spiro atoms. The van der Waals surface area contributed by atoms with Crippen LogP contribution >= 0.6 is 0 Å². The normalized spacial score (nSPS) is 11.2. The molecule has 0 aliphatic heterocycles. The monoisotopic (exact) mass is 289 g/mol. The number of hydrogen-bond donors (Lipinski definition) is 2. The third kappa shape index (κ3) is 3.82. The molecule has 1 aromatic carbocycles. The Morgan fingerprint density at radius 1 is 1.24 bits per heavy atom. The summed E-state index contributed by atoms with van der Waals surface area (Å²) in [5.41, 5.74) is 0.483. The fourth-order valence-electron chi connectivity index (χ4n) is 1.65. The van der Waals surface area contributed by atoms with Crippen LogP contribution in [0.5, 0.6) is 5.75 Å². The molecule has 0 aliphatic carbocycles. The number of nitrogens with zero attached hydrogens (tertiary/aromatic N) is 1.